The fraction of sp³-hybridized carbons (Fsp3) is 1.00. The summed E-state index contributed by atoms with van der Waals surface area (Å²) in [4.78, 5) is 0. The number of nitrogens with two attached hydrogens (primary N) is 1. The summed E-state index contributed by atoms with van der Waals surface area (Å²) in [6.45, 7) is 2.98. The Morgan fingerprint density at radius 3 is 2.00 bits per heavy atom. The Balaban J connectivity index is 0. The van der Waals surface area contributed by atoms with Gasteiger partial charge in [0.05, 0.1) is 0 Å². The Labute approximate surface area is 50.6 Å². The first-order valence-corrected chi connectivity index (χ1v) is 2.12. The van der Waals surface area contributed by atoms with E-state index in [1.807, 2.05) is 0 Å². The molecule has 0 aliphatic rings. The van der Waals surface area contributed by atoms with Gasteiger partial charge in [0.2, 0.25) is 0 Å². The molecule has 6 heavy (non-hydrogen) atoms. The van der Waals surface area contributed by atoms with E-state index in [2.05, 4.69) is 6.92 Å². The maximum absolute atomic E-state index is 5.14. The van der Waals surface area contributed by atoms with Gasteiger partial charge in [0.15, 0.2) is 0 Å². The zero-order valence-electron chi connectivity index (χ0n) is 4.41. The summed E-state index contributed by atoms with van der Waals surface area (Å²) < 4.78 is 0. The predicted octanol–water partition coefficient (Wildman–Crippen LogP) is -0.439. The molecule has 0 saturated heterocycles. The Hall–Kier alpha value is 0.518. The van der Waals surface area contributed by atoms with Gasteiger partial charge in [-0.25, -0.2) is 0 Å². The Morgan fingerprint density at radius 2 is 2.00 bits per heavy atom. The molecule has 0 bridgehead atoms. The van der Waals surface area contributed by atoms with Gasteiger partial charge >= 0.3 is 18.0 Å². The maximum atomic E-state index is 5.14. The van der Waals surface area contributed by atoms with E-state index in [0.29, 0.717) is 0 Å². The number of hydrogen-bond donors (Lipinski definition) is 1. The quantitative estimate of drug-likeness (QED) is 0.532. The molecule has 0 aromatic heterocycles. The van der Waals surface area contributed by atoms with Crippen LogP contribution in [0.5, 0.6) is 0 Å². The zero-order valence-corrected chi connectivity index (χ0v) is 7.37. The van der Waals surface area contributed by atoms with Crippen LogP contribution < -0.4 is 5.73 Å². The van der Waals surface area contributed by atoms with E-state index >= 15 is 0 Å². The van der Waals surface area contributed by atoms with Crippen LogP contribution in [0.15, 0.2) is 0 Å². The van der Waals surface area contributed by atoms with E-state index in [-0.39, 0.29) is 18.0 Å². The van der Waals surface area contributed by atoms with Gasteiger partial charge < -0.3 is 5.73 Å². The van der Waals surface area contributed by atoms with Crippen LogP contribution in [0.4, 0.5) is 0 Å². The van der Waals surface area contributed by atoms with Crippen molar-refractivity contribution < 1.29 is 0 Å². The van der Waals surface area contributed by atoms with Crippen LogP contribution in [0.3, 0.4) is 0 Å². The molecular weight excluding hydrogens is 137 g/mol. The van der Waals surface area contributed by atoms with E-state index < -0.39 is 0 Å². The van der Waals surface area contributed by atoms with Crippen LogP contribution in [-0.4, -0.2) is 24.5 Å². The van der Waals surface area contributed by atoms with E-state index in [4.69, 9.17) is 5.73 Å². The van der Waals surface area contributed by atoms with Crippen LogP contribution in [-0.2, 0) is 0 Å². The van der Waals surface area contributed by atoms with Crippen LogP contribution in [0.1, 0.15) is 19.8 Å². The molecule has 0 aliphatic heterocycles. The number of unbranched alkanes of at least 4 members (excludes halogenated alkanes) is 1. The van der Waals surface area contributed by atoms with Crippen molar-refractivity contribution >= 4 is 18.0 Å². The van der Waals surface area contributed by atoms with Crippen LogP contribution >= 0.6 is 0 Å². The Bertz CT molecular complexity index is 15.0. The van der Waals surface area contributed by atoms with Crippen molar-refractivity contribution in [2.45, 2.75) is 19.8 Å². The van der Waals surface area contributed by atoms with Gasteiger partial charge in [0, 0.05) is 0 Å². The molecule has 0 aliphatic carbocycles. The van der Waals surface area contributed by atoms with Crippen LogP contribution in [0, 0.1) is 0 Å². The minimum atomic E-state index is 0. The van der Waals surface area contributed by atoms with Crippen molar-refractivity contribution in [3.8, 4) is 0 Å². The first-order valence-electron chi connectivity index (χ1n) is 2.12. The summed E-state index contributed by atoms with van der Waals surface area (Å²) in [6.07, 6.45) is 2.39. The van der Waals surface area contributed by atoms with E-state index in [1.54, 1.807) is 0 Å². The fourth-order valence-corrected chi connectivity index (χ4v) is 0.204. The standard InChI is InChI=1S/C4H11N.AsH3/c1-2-3-4-5;/h2-5H2,1H3;1H3. The van der Waals surface area contributed by atoms with Crippen molar-refractivity contribution in [1.29, 1.82) is 0 Å². The topological polar surface area (TPSA) is 26.0 Å². The van der Waals surface area contributed by atoms with Gasteiger partial charge in [-0.05, 0) is 13.0 Å². The molecule has 1 atom stereocenters. The summed E-state index contributed by atoms with van der Waals surface area (Å²) in [5.41, 5.74) is 5.14. The van der Waals surface area contributed by atoms with E-state index in [0.717, 1.165) is 6.54 Å². The van der Waals surface area contributed by atoms with E-state index in [9.17, 15) is 0 Å². The molecule has 0 aromatic rings. The molecule has 2 N–H and O–H groups in total. The average Bonchev–Trinajstić information content (AvgIpc) is 1.41. The first-order chi connectivity index (χ1) is 2.41. The average molecular weight is 151 g/mol. The first kappa shape index (κ1) is 9.72. The summed E-state index contributed by atoms with van der Waals surface area (Å²) in [5.74, 6) is 0. The SMILES string of the molecule is CCCCN.[AsH3]. The molecule has 40 valence electrons. The third kappa shape index (κ3) is 8.82. The summed E-state index contributed by atoms with van der Waals surface area (Å²) in [6, 6.07) is 0. The normalized spacial score (nSPS) is 7.00. The van der Waals surface area contributed by atoms with Gasteiger partial charge in [0.25, 0.3) is 0 Å². The van der Waals surface area contributed by atoms with Gasteiger partial charge in [-0.1, -0.05) is 13.3 Å². The second-order valence-electron chi connectivity index (χ2n) is 1.14. The third-order valence-electron chi connectivity index (χ3n) is 0.558. The zero-order chi connectivity index (χ0) is 4.12. The fourth-order valence-electron chi connectivity index (χ4n) is 0.204. The third-order valence-corrected chi connectivity index (χ3v) is 0.558. The van der Waals surface area contributed by atoms with Gasteiger partial charge in [-0.2, -0.15) is 0 Å². The molecule has 0 spiro atoms. The van der Waals surface area contributed by atoms with Gasteiger partial charge in [-0.15, -0.1) is 0 Å². The second kappa shape index (κ2) is 9.10. The van der Waals surface area contributed by atoms with E-state index in [1.165, 1.54) is 12.8 Å². The van der Waals surface area contributed by atoms with Crippen molar-refractivity contribution in [2.75, 3.05) is 6.54 Å². The van der Waals surface area contributed by atoms with Crippen LogP contribution in [0.2, 0.25) is 0 Å². The molecule has 0 aromatic carbocycles. The Kier molecular flexibility index (Phi) is 14.7. The molecule has 0 heterocycles. The Morgan fingerprint density at radius 1 is 1.50 bits per heavy atom. The molecule has 0 amide bonds. The number of hydrogen-bond acceptors (Lipinski definition) is 1. The summed E-state index contributed by atoms with van der Waals surface area (Å²) in [7, 11) is 0. The molecular formula is C4H14AsN. The molecule has 1 unspecified atom stereocenters. The molecule has 1 nitrogen and oxygen atoms in total. The molecule has 2 heteroatoms. The van der Waals surface area contributed by atoms with Gasteiger partial charge in [0.1, 0.15) is 0 Å². The molecule has 0 radical (unpaired) electrons. The molecule has 0 rings (SSSR count). The minimum absolute atomic E-state index is 0. The van der Waals surface area contributed by atoms with Crippen molar-refractivity contribution in [3.05, 3.63) is 0 Å². The van der Waals surface area contributed by atoms with Crippen molar-refractivity contribution in [3.63, 3.8) is 0 Å². The molecule has 0 fully saturated rings. The van der Waals surface area contributed by atoms with Crippen molar-refractivity contribution in [2.24, 2.45) is 5.73 Å². The summed E-state index contributed by atoms with van der Waals surface area (Å²) in [5, 5.41) is 0. The van der Waals surface area contributed by atoms with Gasteiger partial charge in [-0.3, -0.25) is 0 Å². The summed E-state index contributed by atoms with van der Waals surface area (Å²) >= 11 is 0. The second-order valence-corrected chi connectivity index (χ2v) is 1.14. The number of rotatable bonds is 2. The van der Waals surface area contributed by atoms with Crippen molar-refractivity contribution in [1.82, 2.24) is 0 Å². The molecule has 0 saturated carbocycles. The van der Waals surface area contributed by atoms with Crippen LogP contribution in [0.25, 0.3) is 0 Å². The monoisotopic (exact) mass is 151 g/mol. The predicted molar refractivity (Wildman–Crippen MR) is 33.9 cm³/mol.